The topological polar surface area (TPSA) is 51.5 Å². The minimum absolute atomic E-state index is 0.308. The highest BCUT2D eigenvalue weighted by atomic mass is 35.5. The molecule has 4 aromatic rings. The van der Waals surface area contributed by atoms with E-state index in [2.05, 4.69) is 5.32 Å². The number of anilines is 1. The van der Waals surface area contributed by atoms with Crippen LogP contribution < -0.4 is 10.1 Å². The number of nitrogens with one attached hydrogen (secondary N) is 1. The molecule has 0 bridgehead atoms. The Hall–Kier alpha value is -3.76. The molecule has 0 aliphatic rings. The molecule has 0 unspecified atom stereocenters. The summed E-state index contributed by atoms with van der Waals surface area (Å²) in [6.45, 7) is 0. The van der Waals surface area contributed by atoms with Crippen LogP contribution in [0.5, 0.6) is 11.5 Å². The fraction of sp³-hybridized carbons (Fsp3) is 0. The molecule has 0 aliphatic carbocycles. The molecule has 3 aromatic carbocycles. The van der Waals surface area contributed by atoms with Crippen LogP contribution >= 0.6 is 11.6 Å². The number of amides is 1. The number of furan rings is 1. The van der Waals surface area contributed by atoms with Crippen LogP contribution in [0.25, 0.3) is 11.6 Å². The van der Waals surface area contributed by atoms with Crippen LogP contribution in [0.1, 0.15) is 11.3 Å². The zero-order valence-corrected chi connectivity index (χ0v) is 16.7. The van der Waals surface area contributed by atoms with Gasteiger partial charge in [-0.25, -0.2) is 0 Å². The third-order valence-electron chi connectivity index (χ3n) is 4.32. The Morgan fingerprint density at radius 3 is 2.33 bits per heavy atom. The van der Waals surface area contributed by atoms with Gasteiger partial charge in [0.05, 0.1) is 17.5 Å². The Balaban J connectivity index is 1.67. The van der Waals surface area contributed by atoms with Crippen molar-refractivity contribution in [2.24, 2.45) is 0 Å². The van der Waals surface area contributed by atoms with E-state index >= 15 is 0 Å². The van der Waals surface area contributed by atoms with Crippen LogP contribution in [-0.2, 0) is 4.79 Å². The average molecular weight is 416 g/mol. The maximum Gasteiger partial charge on any atom is 0.256 e. The molecule has 30 heavy (non-hydrogen) atoms. The van der Waals surface area contributed by atoms with Crippen LogP contribution in [0, 0.1) is 0 Å². The molecule has 4 nitrogen and oxygen atoms in total. The molecule has 0 atom stereocenters. The summed E-state index contributed by atoms with van der Waals surface area (Å²) in [4.78, 5) is 13.2. The van der Waals surface area contributed by atoms with Crippen LogP contribution in [0.2, 0.25) is 5.02 Å². The maximum atomic E-state index is 13.2. The van der Waals surface area contributed by atoms with Gasteiger partial charge in [-0.2, -0.15) is 0 Å². The van der Waals surface area contributed by atoms with Crippen molar-refractivity contribution in [3.8, 4) is 11.5 Å². The van der Waals surface area contributed by atoms with E-state index in [1.165, 1.54) is 0 Å². The fourth-order valence-corrected chi connectivity index (χ4v) is 3.08. The van der Waals surface area contributed by atoms with Crippen molar-refractivity contribution in [3.63, 3.8) is 0 Å². The molecule has 4 rings (SSSR count). The lowest BCUT2D eigenvalue weighted by Crippen LogP contribution is -2.14. The second-order valence-electron chi connectivity index (χ2n) is 6.45. The third-order valence-corrected chi connectivity index (χ3v) is 4.56. The molecule has 5 heteroatoms. The number of carbonyl (C=O) groups excluding carboxylic acids is 1. The number of ether oxygens (including phenoxy) is 1. The highest BCUT2D eigenvalue weighted by Gasteiger charge is 2.16. The van der Waals surface area contributed by atoms with Gasteiger partial charge in [0.15, 0.2) is 5.75 Å². The summed E-state index contributed by atoms with van der Waals surface area (Å²) in [5, 5.41) is 3.41. The smallest absolute Gasteiger partial charge is 0.256 e. The molecule has 1 amide bonds. The Bertz CT molecular complexity index is 1150. The quantitative estimate of drug-likeness (QED) is 0.348. The number of hydrogen-bond acceptors (Lipinski definition) is 3. The molecule has 1 N–H and O–H groups in total. The SMILES string of the molecule is O=C(Nc1cc(Cl)ccc1Oc1ccccc1)/C(=C/c1ccco1)c1ccccc1. The molecule has 0 saturated carbocycles. The van der Waals surface area contributed by atoms with Crippen LogP contribution in [0.15, 0.2) is 102 Å². The molecule has 0 fully saturated rings. The summed E-state index contributed by atoms with van der Waals surface area (Å²) in [6.07, 6.45) is 3.27. The number of para-hydroxylation sites is 1. The lowest BCUT2D eigenvalue weighted by Gasteiger charge is -2.14. The van der Waals surface area contributed by atoms with E-state index in [9.17, 15) is 4.79 Å². The summed E-state index contributed by atoms with van der Waals surface area (Å²) >= 11 is 6.18. The Kier molecular flexibility index (Phi) is 5.97. The Labute approximate surface area is 179 Å². The van der Waals surface area contributed by atoms with Crippen LogP contribution in [0.3, 0.4) is 0 Å². The highest BCUT2D eigenvalue weighted by Crippen LogP contribution is 2.33. The molecule has 0 saturated heterocycles. The van der Waals surface area contributed by atoms with Gasteiger partial charge in [0, 0.05) is 5.02 Å². The van der Waals surface area contributed by atoms with Crippen molar-refractivity contribution >= 4 is 34.8 Å². The van der Waals surface area contributed by atoms with E-state index in [-0.39, 0.29) is 5.91 Å². The van der Waals surface area contributed by atoms with E-state index < -0.39 is 0 Å². The average Bonchev–Trinajstić information content (AvgIpc) is 3.29. The molecule has 0 aliphatic heterocycles. The molecule has 1 heterocycles. The Morgan fingerprint density at radius 1 is 0.900 bits per heavy atom. The number of rotatable bonds is 6. The van der Waals surface area contributed by atoms with Gasteiger partial charge in [-0.3, -0.25) is 4.79 Å². The Morgan fingerprint density at radius 2 is 1.63 bits per heavy atom. The predicted molar refractivity (Wildman–Crippen MR) is 120 cm³/mol. The second-order valence-corrected chi connectivity index (χ2v) is 6.89. The van der Waals surface area contributed by atoms with Gasteiger partial charge in [0.1, 0.15) is 11.5 Å². The summed E-state index contributed by atoms with van der Waals surface area (Å²) in [5.41, 5.74) is 1.69. The van der Waals surface area contributed by atoms with Crippen molar-refractivity contribution in [1.29, 1.82) is 0 Å². The van der Waals surface area contributed by atoms with Crippen molar-refractivity contribution < 1.29 is 13.9 Å². The van der Waals surface area contributed by atoms with Gasteiger partial charge in [-0.05, 0) is 54.1 Å². The van der Waals surface area contributed by atoms with Crippen molar-refractivity contribution in [2.45, 2.75) is 0 Å². The van der Waals surface area contributed by atoms with Crippen LogP contribution in [0.4, 0.5) is 5.69 Å². The first-order chi connectivity index (χ1) is 14.7. The minimum atomic E-state index is -0.308. The molecular weight excluding hydrogens is 398 g/mol. The van der Waals surface area contributed by atoms with E-state index in [4.69, 9.17) is 20.8 Å². The number of carbonyl (C=O) groups is 1. The standard InChI is InChI=1S/C25H18ClNO3/c26-19-13-14-24(30-20-10-5-2-6-11-20)23(16-19)27-25(28)22(17-21-12-7-15-29-21)18-8-3-1-4-9-18/h1-17H,(H,27,28)/b22-17+. The normalized spacial score (nSPS) is 11.2. The van der Waals surface area contributed by atoms with E-state index in [0.717, 1.165) is 5.56 Å². The van der Waals surface area contributed by atoms with Crippen molar-refractivity contribution in [3.05, 3.63) is 114 Å². The molecule has 1 aromatic heterocycles. The van der Waals surface area contributed by atoms with Gasteiger partial charge in [0.25, 0.3) is 5.91 Å². The summed E-state index contributed by atoms with van der Waals surface area (Å²) in [5.74, 6) is 1.42. The zero-order valence-electron chi connectivity index (χ0n) is 15.9. The predicted octanol–water partition coefficient (Wildman–Crippen LogP) is 6.90. The fourth-order valence-electron chi connectivity index (χ4n) is 2.91. The van der Waals surface area contributed by atoms with Crippen molar-refractivity contribution in [2.75, 3.05) is 5.32 Å². The van der Waals surface area contributed by atoms with Gasteiger partial charge in [0.2, 0.25) is 0 Å². The summed E-state index contributed by atoms with van der Waals surface area (Å²) < 4.78 is 11.4. The number of hydrogen-bond donors (Lipinski definition) is 1. The zero-order chi connectivity index (χ0) is 20.8. The van der Waals surface area contributed by atoms with E-state index in [1.54, 1.807) is 42.7 Å². The molecule has 0 radical (unpaired) electrons. The third kappa shape index (κ3) is 4.80. The largest absolute Gasteiger partial charge is 0.465 e. The highest BCUT2D eigenvalue weighted by molar-refractivity contribution is 6.32. The second kappa shape index (κ2) is 9.16. The summed E-state index contributed by atoms with van der Waals surface area (Å²) in [6, 6.07) is 27.4. The first-order valence-electron chi connectivity index (χ1n) is 9.33. The van der Waals surface area contributed by atoms with Gasteiger partial charge >= 0.3 is 0 Å². The van der Waals surface area contributed by atoms with Crippen LogP contribution in [-0.4, -0.2) is 5.91 Å². The van der Waals surface area contributed by atoms with Crippen molar-refractivity contribution in [1.82, 2.24) is 0 Å². The monoisotopic (exact) mass is 415 g/mol. The number of benzene rings is 3. The first kappa shape index (κ1) is 19.6. The molecular formula is C25H18ClNO3. The maximum absolute atomic E-state index is 13.2. The first-order valence-corrected chi connectivity index (χ1v) is 9.71. The lowest BCUT2D eigenvalue weighted by atomic mass is 10.0. The molecule has 0 spiro atoms. The van der Waals surface area contributed by atoms with E-state index in [1.807, 2.05) is 60.7 Å². The van der Waals surface area contributed by atoms with Gasteiger partial charge in [-0.15, -0.1) is 0 Å². The van der Waals surface area contributed by atoms with E-state index in [0.29, 0.717) is 33.5 Å². The summed E-state index contributed by atoms with van der Waals surface area (Å²) in [7, 11) is 0. The number of halogens is 1. The molecule has 148 valence electrons. The minimum Gasteiger partial charge on any atom is -0.465 e. The lowest BCUT2D eigenvalue weighted by molar-refractivity contribution is -0.111. The van der Waals surface area contributed by atoms with Gasteiger partial charge in [-0.1, -0.05) is 60.1 Å². The van der Waals surface area contributed by atoms with Gasteiger partial charge < -0.3 is 14.5 Å².